The zero-order chi connectivity index (χ0) is 13.5. The molecule has 0 fully saturated rings. The molecule has 102 valence electrons. The molecule has 2 nitrogen and oxygen atoms in total. The first kappa shape index (κ1) is 14.4. The molecule has 0 saturated carbocycles. The van der Waals surface area contributed by atoms with Crippen molar-refractivity contribution >= 4 is 28.3 Å². The molecule has 1 aromatic heterocycles. The Kier molecular flexibility index (Phi) is 5.76. The minimum absolute atomic E-state index is 0.734. The average Bonchev–Trinajstić information content (AvgIpc) is 2.84. The largest absolute Gasteiger partial charge is 0.454 e. The summed E-state index contributed by atoms with van der Waals surface area (Å²) < 4.78 is 6.45. The van der Waals surface area contributed by atoms with E-state index in [1.54, 1.807) is 0 Å². The number of nitrogens with one attached hydrogen (secondary N) is 1. The fourth-order valence-corrected chi connectivity index (χ4v) is 2.47. The van der Waals surface area contributed by atoms with Crippen LogP contribution in [-0.2, 0) is 13.0 Å². The summed E-state index contributed by atoms with van der Waals surface area (Å²) in [5.74, 6) is 0.969. The van der Waals surface area contributed by atoms with Gasteiger partial charge in [0.2, 0.25) is 0 Å². The van der Waals surface area contributed by atoms with E-state index in [4.69, 9.17) is 4.42 Å². The quantitative estimate of drug-likeness (QED) is 0.534. The van der Waals surface area contributed by atoms with Crippen molar-refractivity contribution in [3.63, 3.8) is 0 Å². The van der Waals surface area contributed by atoms with Gasteiger partial charge in [-0.15, -0.1) is 0 Å². The Bertz CT molecular complexity index is 490. The molecule has 0 aliphatic rings. The fraction of sp³-hybridized carbons (Fsp3) is 0.375. The lowest BCUT2D eigenvalue weighted by molar-refractivity contribution is 0.493. The molecule has 0 aliphatic carbocycles. The lowest BCUT2D eigenvalue weighted by Gasteiger charge is -2.06. The van der Waals surface area contributed by atoms with Crippen LogP contribution >= 0.6 is 22.6 Å². The molecular weight excluding hydrogens is 349 g/mol. The van der Waals surface area contributed by atoms with Gasteiger partial charge in [0.1, 0.15) is 5.76 Å². The van der Waals surface area contributed by atoms with Crippen molar-refractivity contribution in [2.45, 2.75) is 39.2 Å². The van der Waals surface area contributed by atoms with E-state index < -0.39 is 0 Å². The molecule has 0 spiro atoms. The van der Waals surface area contributed by atoms with Crippen LogP contribution in [0.25, 0.3) is 0 Å². The third kappa shape index (κ3) is 4.90. The zero-order valence-electron chi connectivity index (χ0n) is 11.3. The van der Waals surface area contributed by atoms with Crippen LogP contribution < -0.4 is 5.32 Å². The molecule has 0 radical (unpaired) electrons. The van der Waals surface area contributed by atoms with Gasteiger partial charge in [-0.1, -0.05) is 31.9 Å². The number of furan rings is 1. The first-order chi connectivity index (χ1) is 9.28. The number of hydrogen-bond donors (Lipinski definition) is 1. The predicted octanol–water partition coefficient (Wildman–Crippen LogP) is 5.23. The Morgan fingerprint density at radius 3 is 2.47 bits per heavy atom. The summed E-state index contributed by atoms with van der Waals surface area (Å²) >= 11 is 2.18. The minimum atomic E-state index is 0.734. The van der Waals surface area contributed by atoms with E-state index in [-0.39, 0.29) is 0 Å². The van der Waals surface area contributed by atoms with Crippen LogP contribution in [0.2, 0.25) is 0 Å². The highest BCUT2D eigenvalue weighted by molar-refractivity contribution is 14.1. The molecule has 3 heteroatoms. The van der Waals surface area contributed by atoms with E-state index in [1.165, 1.54) is 31.2 Å². The number of rotatable bonds is 7. The number of anilines is 1. The molecule has 2 rings (SSSR count). The van der Waals surface area contributed by atoms with Gasteiger partial charge in [0.05, 0.1) is 6.54 Å². The molecule has 0 amide bonds. The Morgan fingerprint density at radius 1 is 1.05 bits per heavy atom. The van der Waals surface area contributed by atoms with Gasteiger partial charge >= 0.3 is 0 Å². The van der Waals surface area contributed by atoms with Crippen molar-refractivity contribution in [2.24, 2.45) is 0 Å². The molecule has 0 aliphatic heterocycles. The van der Waals surface area contributed by atoms with E-state index in [0.717, 1.165) is 21.8 Å². The van der Waals surface area contributed by atoms with Gasteiger partial charge in [-0.05, 0) is 65.3 Å². The van der Waals surface area contributed by atoms with Crippen molar-refractivity contribution in [2.75, 3.05) is 5.32 Å². The maximum absolute atomic E-state index is 5.52. The van der Waals surface area contributed by atoms with Gasteiger partial charge in [0.25, 0.3) is 0 Å². The number of benzene rings is 1. The van der Waals surface area contributed by atoms with Gasteiger partial charge in [-0.2, -0.15) is 0 Å². The van der Waals surface area contributed by atoms with E-state index >= 15 is 0 Å². The van der Waals surface area contributed by atoms with Crippen molar-refractivity contribution in [3.05, 3.63) is 51.5 Å². The van der Waals surface area contributed by atoms with E-state index in [1.807, 2.05) is 12.1 Å². The van der Waals surface area contributed by atoms with E-state index in [0.29, 0.717) is 0 Å². The second-order valence-corrected chi connectivity index (χ2v) is 5.78. The summed E-state index contributed by atoms with van der Waals surface area (Å²) in [6.45, 7) is 2.97. The number of hydrogen-bond acceptors (Lipinski definition) is 2. The van der Waals surface area contributed by atoms with Crippen LogP contribution in [0.1, 0.15) is 37.5 Å². The van der Waals surface area contributed by atoms with Crippen LogP contribution in [0.4, 0.5) is 5.69 Å². The molecule has 2 aromatic rings. The molecule has 19 heavy (non-hydrogen) atoms. The average molecular weight is 369 g/mol. The van der Waals surface area contributed by atoms with Gasteiger partial charge in [-0.3, -0.25) is 0 Å². The fourth-order valence-electron chi connectivity index (χ4n) is 2.00. The molecule has 1 heterocycles. The Morgan fingerprint density at radius 2 is 1.84 bits per heavy atom. The van der Waals surface area contributed by atoms with Crippen LogP contribution in [0.3, 0.4) is 0 Å². The Balaban J connectivity index is 1.81. The minimum Gasteiger partial charge on any atom is -0.454 e. The van der Waals surface area contributed by atoms with Crippen molar-refractivity contribution in [1.82, 2.24) is 0 Å². The molecule has 0 bridgehead atoms. The highest BCUT2D eigenvalue weighted by atomic mass is 127. The maximum Gasteiger partial charge on any atom is 0.164 e. The lowest BCUT2D eigenvalue weighted by Crippen LogP contribution is -1.98. The first-order valence-corrected chi connectivity index (χ1v) is 7.93. The normalized spacial score (nSPS) is 10.6. The molecular formula is C16H20INO. The second kappa shape index (κ2) is 7.58. The smallest absolute Gasteiger partial charge is 0.164 e. The summed E-state index contributed by atoms with van der Waals surface area (Å²) in [5.41, 5.74) is 2.57. The molecule has 0 unspecified atom stereocenters. The van der Waals surface area contributed by atoms with Crippen LogP contribution in [0.5, 0.6) is 0 Å². The number of aryl methyl sites for hydroxylation is 1. The van der Waals surface area contributed by atoms with Crippen molar-refractivity contribution in [1.29, 1.82) is 0 Å². The Hall–Kier alpha value is -0.970. The lowest BCUT2D eigenvalue weighted by atomic mass is 10.1. The predicted molar refractivity (Wildman–Crippen MR) is 88.4 cm³/mol. The van der Waals surface area contributed by atoms with Crippen LogP contribution in [-0.4, -0.2) is 0 Å². The van der Waals surface area contributed by atoms with Gasteiger partial charge in [0, 0.05) is 5.69 Å². The standard InChI is InChI=1S/C16H20INO/c1-2-3-4-5-13-6-8-14(9-7-13)18-12-15-10-11-16(17)19-15/h6-11,18H,2-5,12H2,1H3. The summed E-state index contributed by atoms with van der Waals surface area (Å²) in [7, 11) is 0. The summed E-state index contributed by atoms with van der Waals surface area (Å²) in [4.78, 5) is 0. The molecule has 1 aromatic carbocycles. The number of halogens is 1. The van der Waals surface area contributed by atoms with Gasteiger partial charge in [-0.25, -0.2) is 0 Å². The highest BCUT2D eigenvalue weighted by Crippen LogP contribution is 2.15. The monoisotopic (exact) mass is 369 g/mol. The zero-order valence-corrected chi connectivity index (χ0v) is 13.4. The molecule has 0 saturated heterocycles. The van der Waals surface area contributed by atoms with Gasteiger partial charge in [0.15, 0.2) is 3.77 Å². The third-order valence-corrected chi connectivity index (χ3v) is 3.70. The maximum atomic E-state index is 5.52. The third-order valence-electron chi connectivity index (χ3n) is 3.12. The van der Waals surface area contributed by atoms with Crippen molar-refractivity contribution < 1.29 is 4.42 Å². The SMILES string of the molecule is CCCCCc1ccc(NCc2ccc(I)o2)cc1. The van der Waals surface area contributed by atoms with Gasteiger partial charge < -0.3 is 9.73 Å². The summed E-state index contributed by atoms with van der Waals surface area (Å²) in [5, 5.41) is 3.37. The van der Waals surface area contributed by atoms with Crippen LogP contribution in [0, 0.1) is 3.77 Å². The van der Waals surface area contributed by atoms with E-state index in [9.17, 15) is 0 Å². The topological polar surface area (TPSA) is 25.2 Å². The highest BCUT2D eigenvalue weighted by Gasteiger charge is 1.99. The second-order valence-electron chi connectivity index (χ2n) is 4.71. The van der Waals surface area contributed by atoms with Crippen molar-refractivity contribution in [3.8, 4) is 0 Å². The Labute approximate surface area is 128 Å². The molecule has 0 atom stereocenters. The first-order valence-electron chi connectivity index (χ1n) is 6.85. The van der Waals surface area contributed by atoms with Crippen LogP contribution in [0.15, 0.2) is 40.8 Å². The summed E-state index contributed by atoms with van der Waals surface area (Å²) in [6, 6.07) is 12.7. The molecule has 1 N–H and O–H groups in total. The number of unbranched alkanes of at least 4 members (excludes halogenated alkanes) is 2. The van der Waals surface area contributed by atoms with E-state index in [2.05, 4.69) is 59.1 Å². The summed E-state index contributed by atoms with van der Waals surface area (Å²) in [6.07, 6.45) is 5.07.